The van der Waals surface area contributed by atoms with Crippen LogP contribution < -0.4 is 0 Å². The van der Waals surface area contributed by atoms with Crippen LogP contribution >= 0.6 is 11.3 Å². The Kier molecular flexibility index (Phi) is 6.75. The first-order chi connectivity index (χ1) is 15.6. The van der Waals surface area contributed by atoms with E-state index in [0.717, 1.165) is 11.3 Å². The van der Waals surface area contributed by atoms with Crippen molar-refractivity contribution >= 4 is 23.2 Å². The van der Waals surface area contributed by atoms with E-state index in [2.05, 4.69) is 15.3 Å². The first-order valence-corrected chi connectivity index (χ1v) is 10.9. The molecule has 11 heteroatoms. The Labute approximate surface area is 187 Å². The average Bonchev–Trinajstić information content (AvgIpc) is 3.59. The third kappa shape index (κ3) is 5.30. The van der Waals surface area contributed by atoms with Gasteiger partial charge in [0.25, 0.3) is 11.8 Å². The maximum Gasteiger partial charge on any atom is 0.374 e. The number of aromatic nitrogens is 4. The molecule has 10 nitrogen and oxygen atoms in total. The molecule has 0 aliphatic carbocycles. The van der Waals surface area contributed by atoms with Crippen molar-refractivity contribution in [1.82, 2.24) is 24.9 Å². The molecule has 0 radical (unpaired) electrons. The van der Waals surface area contributed by atoms with Crippen LogP contribution in [0.1, 0.15) is 35.6 Å². The third-order valence-electron chi connectivity index (χ3n) is 4.44. The predicted molar refractivity (Wildman–Crippen MR) is 114 cm³/mol. The Morgan fingerprint density at radius 2 is 2.09 bits per heavy atom. The molecule has 0 bridgehead atoms. The summed E-state index contributed by atoms with van der Waals surface area (Å²) in [4.78, 5) is 27.3. The van der Waals surface area contributed by atoms with E-state index in [-0.39, 0.29) is 18.2 Å². The SMILES string of the molecule is CCCN(Cc1nnc(-c2cccs2)o1)C(=O)COC(=O)c1ccc(Cn2cccn2)o1. The van der Waals surface area contributed by atoms with E-state index in [9.17, 15) is 9.59 Å². The van der Waals surface area contributed by atoms with Crippen molar-refractivity contribution in [2.24, 2.45) is 0 Å². The zero-order valence-corrected chi connectivity index (χ0v) is 18.2. The molecule has 0 saturated heterocycles. The van der Waals surface area contributed by atoms with Gasteiger partial charge in [-0.05, 0) is 36.1 Å². The third-order valence-corrected chi connectivity index (χ3v) is 5.30. The topological polar surface area (TPSA) is 116 Å². The van der Waals surface area contributed by atoms with Crippen LogP contribution in [0.3, 0.4) is 0 Å². The summed E-state index contributed by atoms with van der Waals surface area (Å²) in [5.41, 5.74) is 0. The molecule has 0 fully saturated rings. The smallest absolute Gasteiger partial charge is 0.374 e. The lowest BCUT2D eigenvalue weighted by Crippen LogP contribution is -2.35. The number of nitrogens with zero attached hydrogens (tertiary/aromatic N) is 5. The Morgan fingerprint density at radius 3 is 2.84 bits per heavy atom. The predicted octanol–water partition coefficient (Wildman–Crippen LogP) is 3.23. The average molecular weight is 455 g/mol. The molecule has 0 aliphatic heterocycles. The molecule has 0 atom stereocenters. The van der Waals surface area contributed by atoms with Crippen LogP contribution in [-0.2, 0) is 22.6 Å². The second-order valence-corrected chi connectivity index (χ2v) is 7.79. The molecule has 0 saturated carbocycles. The summed E-state index contributed by atoms with van der Waals surface area (Å²) in [5.74, 6) is 0.237. The largest absolute Gasteiger partial charge is 0.452 e. The van der Waals surface area contributed by atoms with E-state index >= 15 is 0 Å². The highest BCUT2D eigenvalue weighted by Gasteiger charge is 2.21. The van der Waals surface area contributed by atoms with E-state index in [1.54, 1.807) is 29.2 Å². The van der Waals surface area contributed by atoms with Gasteiger partial charge in [-0.2, -0.15) is 5.10 Å². The van der Waals surface area contributed by atoms with Crippen molar-refractivity contribution in [3.05, 3.63) is 65.5 Å². The van der Waals surface area contributed by atoms with Gasteiger partial charge in [-0.1, -0.05) is 13.0 Å². The van der Waals surface area contributed by atoms with Gasteiger partial charge in [-0.3, -0.25) is 9.48 Å². The minimum atomic E-state index is -0.709. The van der Waals surface area contributed by atoms with Crippen LogP contribution in [0.4, 0.5) is 0 Å². The Balaban J connectivity index is 1.32. The molecule has 0 unspecified atom stereocenters. The number of hydrogen-bond acceptors (Lipinski definition) is 9. The second kappa shape index (κ2) is 10.1. The molecule has 1 amide bonds. The zero-order chi connectivity index (χ0) is 22.3. The van der Waals surface area contributed by atoms with Crippen LogP contribution in [0, 0.1) is 0 Å². The van der Waals surface area contributed by atoms with Gasteiger partial charge in [0.15, 0.2) is 6.61 Å². The number of esters is 1. The normalized spacial score (nSPS) is 10.9. The van der Waals surface area contributed by atoms with Crippen LogP contribution in [0.15, 0.2) is 56.9 Å². The van der Waals surface area contributed by atoms with Crippen LogP contribution in [0.2, 0.25) is 0 Å². The molecule has 4 heterocycles. The fourth-order valence-corrected chi connectivity index (χ4v) is 3.60. The number of carbonyl (C=O) groups is 2. The lowest BCUT2D eigenvalue weighted by Gasteiger charge is -2.19. The van der Waals surface area contributed by atoms with Crippen LogP contribution in [0.25, 0.3) is 10.8 Å². The lowest BCUT2D eigenvalue weighted by atomic mass is 10.4. The summed E-state index contributed by atoms with van der Waals surface area (Å²) in [5, 5.41) is 14.0. The highest BCUT2D eigenvalue weighted by atomic mass is 32.1. The number of amides is 1. The van der Waals surface area contributed by atoms with Crippen molar-refractivity contribution in [2.45, 2.75) is 26.4 Å². The Hall–Kier alpha value is -3.73. The number of furan rings is 1. The fourth-order valence-electron chi connectivity index (χ4n) is 2.96. The van der Waals surface area contributed by atoms with Gasteiger partial charge in [0.1, 0.15) is 5.76 Å². The van der Waals surface area contributed by atoms with Crippen LogP contribution in [-0.4, -0.2) is 49.9 Å². The van der Waals surface area contributed by atoms with Crippen molar-refractivity contribution in [3.8, 4) is 10.8 Å². The molecular weight excluding hydrogens is 434 g/mol. The molecule has 4 rings (SSSR count). The summed E-state index contributed by atoms with van der Waals surface area (Å²) in [6.45, 7) is 2.52. The van der Waals surface area contributed by atoms with Gasteiger partial charge < -0.3 is 18.5 Å². The maximum atomic E-state index is 12.6. The Morgan fingerprint density at radius 1 is 1.19 bits per heavy atom. The van der Waals surface area contributed by atoms with E-state index in [4.69, 9.17) is 13.6 Å². The standard InChI is InChI=1S/C21H21N5O5S/c1-2-9-25(13-18-23-24-20(31-18)17-5-3-11-32-17)19(27)14-29-21(28)16-7-6-15(30-16)12-26-10-4-8-22-26/h3-8,10-11H,2,9,12-14H2,1H3. The van der Waals surface area contributed by atoms with Gasteiger partial charge in [0.2, 0.25) is 11.7 Å². The highest BCUT2D eigenvalue weighted by molar-refractivity contribution is 7.13. The number of thiophene rings is 1. The minimum Gasteiger partial charge on any atom is -0.452 e. The number of carbonyl (C=O) groups excluding carboxylic acids is 2. The second-order valence-electron chi connectivity index (χ2n) is 6.84. The van der Waals surface area contributed by atoms with Gasteiger partial charge >= 0.3 is 5.97 Å². The van der Waals surface area contributed by atoms with Gasteiger partial charge in [0, 0.05) is 18.9 Å². The van der Waals surface area contributed by atoms with Crippen molar-refractivity contribution in [1.29, 1.82) is 0 Å². The number of hydrogen-bond donors (Lipinski definition) is 0. The number of ether oxygens (including phenoxy) is 1. The summed E-state index contributed by atoms with van der Waals surface area (Å²) >= 11 is 1.49. The molecule has 32 heavy (non-hydrogen) atoms. The summed E-state index contributed by atoms with van der Waals surface area (Å²) in [7, 11) is 0. The van der Waals surface area contributed by atoms with Crippen molar-refractivity contribution in [2.75, 3.05) is 13.2 Å². The molecule has 0 N–H and O–H groups in total. The zero-order valence-electron chi connectivity index (χ0n) is 17.3. The molecule has 0 spiro atoms. The van der Waals surface area contributed by atoms with Crippen LogP contribution in [0.5, 0.6) is 0 Å². The van der Waals surface area contributed by atoms with Gasteiger partial charge in [-0.15, -0.1) is 21.5 Å². The molecule has 0 aromatic carbocycles. The van der Waals surface area contributed by atoms with Gasteiger partial charge in [-0.25, -0.2) is 4.79 Å². The van der Waals surface area contributed by atoms with Crippen molar-refractivity contribution in [3.63, 3.8) is 0 Å². The fraction of sp³-hybridized carbons (Fsp3) is 0.286. The quantitative estimate of drug-likeness (QED) is 0.335. The van der Waals surface area contributed by atoms with Crippen molar-refractivity contribution < 1.29 is 23.2 Å². The monoisotopic (exact) mass is 455 g/mol. The van der Waals surface area contributed by atoms with E-state index in [1.807, 2.05) is 24.4 Å². The van der Waals surface area contributed by atoms with E-state index in [0.29, 0.717) is 30.6 Å². The van der Waals surface area contributed by atoms with Gasteiger partial charge in [0.05, 0.1) is 18.0 Å². The first kappa shape index (κ1) is 21.5. The molecule has 4 aromatic rings. The minimum absolute atomic E-state index is 0.0273. The highest BCUT2D eigenvalue weighted by Crippen LogP contribution is 2.23. The Bertz CT molecular complexity index is 1150. The lowest BCUT2D eigenvalue weighted by molar-refractivity contribution is -0.135. The first-order valence-electron chi connectivity index (χ1n) is 9.99. The molecular formula is C21H21N5O5S. The summed E-state index contributed by atoms with van der Waals surface area (Å²) in [6.07, 6.45) is 4.16. The summed E-state index contributed by atoms with van der Waals surface area (Å²) < 4.78 is 18.0. The number of rotatable bonds is 10. The summed E-state index contributed by atoms with van der Waals surface area (Å²) in [6, 6.07) is 8.75. The van der Waals surface area contributed by atoms with E-state index in [1.165, 1.54) is 22.3 Å². The van der Waals surface area contributed by atoms with E-state index < -0.39 is 12.6 Å². The maximum absolute atomic E-state index is 12.6. The molecule has 0 aliphatic rings. The molecule has 4 aromatic heterocycles. The molecule has 166 valence electrons.